The van der Waals surface area contributed by atoms with Crippen LogP contribution in [0.1, 0.15) is 30.1 Å². The quantitative estimate of drug-likeness (QED) is 0.873. The van der Waals surface area contributed by atoms with Gasteiger partial charge in [-0.25, -0.2) is 4.79 Å². The highest BCUT2D eigenvalue weighted by Crippen LogP contribution is 2.21. The van der Waals surface area contributed by atoms with Gasteiger partial charge in [-0.15, -0.1) is 0 Å². The van der Waals surface area contributed by atoms with Crippen LogP contribution in [0.25, 0.3) is 0 Å². The Bertz CT molecular complexity index is 465. The predicted octanol–water partition coefficient (Wildman–Crippen LogP) is 3.04. The van der Waals surface area contributed by atoms with Crippen molar-refractivity contribution < 1.29 is 9.90 Å². The van der Waals surface area contributed by atoms with Crippen molar-refractivity contribution in [2.24, 2.45) is 0 Å². The highest BCUT2D eigenvalue weighted by Gasteiger charge is 2.22. The van der Waals surface area contributed by atoms with Crippen molar-refractivity contribution in [2.75, 3.05) is 25.0 Å². The fourth-order valence-electron chi connectivity index (χ4n) is 2.59. The number of halogens is 1. The van der Waals surface area contributed by atoms with Crippen molar-refractivity contribution in [1.82, 2.24) is 4.90 Å². The molecule has 1 atom stereocenters. The first-order valence-corrected chi connectivity index (χ1v) is 7.41. The zero-order valence-electron chi connectivity index (χ0n) is 11.0. The third-order valence-corrected chi connectivity index (χ3v) is 4.05. The highest BCUT2D eigenvalue weighted by atomic mass is 79.9. The van der Waals surface area contributed by atoms with E-state index in [0.29, 0.717) is 11.6 Å². The van der Waals surface area contributed by atoms with Crippen LogP contribution in [0.15, 0.2) is 22.7 Å². The van der Waals surface area contributed by atoms with Gasteiger partial charge in [-0.2, -0.15) is 0 Å². The first-order chi connectivity index (χ1) is 9.10. The van der Waals surface area contributed by atoms with Gasteiger partial charge in [0, 0.05) is 22.7 Å². The Morgan fingerprint density at radius 3 is 3.00 bits per heavy atom. The topological polar surface area (TPSA) is 52.6 Å². The lowest BCUT2D eigenvalue weighted by atomic mass is 10.2. The molecular weight excluding hydrogens is 308 g/mol. The number of anilines is 1. The van der Waals surface area contributed by atoms with E-state index in [1.54, 1.807) is 12.1 Å². The lowest BCUT2D eigenvalue weighted by molar-refractivity contribution is 0.0697. The molecule has 1 heterocycles. The molecule has 1 fully saturated rings. The molecule has 2 N–H and O–H groups in total. The largest absolute Gasteiger partial charge is 0.478 e. The first kappa shape index (κ1) is 14.3. The Balaban J connectivity index is 2.01. The predicted molar refractivity (Wildman–Crippen MR) is 79.9 cm³/mol. The number of carbonyl (C=O) groups is 1. The standard InChI is InChI=1S/C14H19BrN2O2/c1-2-17-5-3-4-13(17)9-16-12-7-10(14(18)19)6-11(15)8-12/h6-8,13,16H,2-5,9H2,1H3,(H,18,19). The van der Waals surface area contributed by atoms with Gasteiger partial charge in [0.05, 0.1) is 5.56 Å². The molecule has 5 heteroatoms. The molecule has 1 unspecified atom stereocenters. The number of aromatic carboxylic acids is 1. The summed E-state index contributed by atoms with van der Waals surface area (Å²) in [6, 6.07) is 5.76. The lowest BCUT2D eigenvalue weighted by Crippen LogP contribution is -2.34. The minimum atomic E-state index is -0.902. The fourth-order valence-corrected chi connectivity index (χ4v) is 3.09. The average molecular weight is 327 g/mol. The van der Waals surface area contributed by atoms with Gasteiger partial charge in [0.15, 0.2) is 0 Å². The second-order valence-electron chi connectivity index (χ2n) is 4.84. The van der Waals surface area contributed by atoms with Gasteiger partial charge in [0.2, 0.25) is 0 Å². The molecule has 1 aliphatic heterocycles. The maximum absolute atomic E-state index is 11.0. The summed E-state index contributed by atoms with van der Waals surface area (Å²) in [7, 11) is 0. The first-order valence-electron chi connectivity index (χ1n) is 6.62. The van der Waals surface area contributed by atoms with E-state index in [2.05, 4.69) is 33.1 Å². The molecule has 1 aromatic rings. The van der Waals surface area contributed by atoms with Gasteiger partial charge in [-0.3, -0.25) is 4.90 Å². The van der Waals surface area contributed by atoms with Crippen LogP contribution in [-0.2, 0) is 0 Å². The monoisotopic (exact) mass is 326 g/mol. The van der Waals surface area contributed by atoms with Gasteiger partial charge >= 0.3 is 5.97 Å². The van der Waals surface area contributed by atoms with Crippen LogP contribution in [0, 0.1) is 0 Å². The number of carboxylic acids is 1. The summed E-state index contributed by atoms with van der Waals surface area (Å²) in [5.41, 5.74) is 1.16. The molecule has 1 aromatic carbocycles. The maximum atomic E-state index is 11.0. The number of likely N-dealkylation sites (N-methyl/N-ethyl adjacent to an activating group) is 1. The minimum Gasteiger partial charge on any atom is -0.478 e. The Hall–Kier alpha value is -1.07. The van der Waals surface area contributed by atoms with Crippen molar-refractivity contribution in [2.45, 2.75) is 25.8 Å². The van der Waals surface area contributed by atoms with E-state index >= 15 is 0 Å². The van der Waals surface area contributed by atoms with Gasteiger partial charge < -0.3 is 10.4 Å². The molecule has 0 radical (unpaired) electrons. The van der Waals surface area contributed by atoms with E-state index in [1.165, 1.54) is 19.4 Å². The normalized spacial score (nSPS) is 19.6. The molecule has 0 saturated carbocycles. The maximum Gasteiger partial charge on any atom is 0.335 e. The van der Waals surface area contributed by atoms with Crippen LogP contribution in [0.5, 0.6) is 0 Å². The van der Waals surface area contributed by atoms with Crippen LogP contribution < -0.4 is 5.32 Å². The smallest absolute Gasteiger partial charge is 0.335 e. The third-order valence-electron chi connectivity index (χ3n) is 3.59. The van der Waals surface area contributed by atoms with Crippen molar-refractivity contribution in [3.63, 3.8) is 0 Å². The van der Waals surface area contributed by atoms with Crippen LogP contribution >= 0.6 is 15.9 Å². The number of likely N-dealkylation sites (tertiary alicyclic amines) is 1. The Labute approximate surface area is 121 Å². The summed E-state index contributed by atoms with van der Waals surface area (Å²) in [4.78, 5) is 13.5. The molecule has 0 spiro atoms. The van der Waals surface area contributed by atoms with E-state index in [1.807, 2.05) is 6.07 Å². The minimum absolute atomic E-state index is 0.302. The summed E-state index contributed by atoms with van der Waals surface area (Å²) in [6.45, 7) is 5.29. The molecule has 19 heavy (non-hydrogen) atoms. The van der Waals surface area contributed by atoms with E-state index in [9.17, 15) is 4.79 Å². The summed E-state index contributed by atoms with van der Waals surface area (Å²) in [6.07, 6.45) is 2.46. The molecule has 0 aromatic heterocycles. The number of hydrogen-bond donors (Lipinski definition) is 2. The molecule has 104 valence electrons. The Morgan fingerprint density at radius 1 is 1.53 bits per heavy atom. The number of benzene rings is 1. The molecular formula is C14H19BrN2O2. The van der Waals surface area contributed by atoms with Gasteiger partial charge in [0.1, 0.15) is 0 Å². The molecule has 0 amide bonds. The number of nitrogens with zero attached hydrogens (tertiary/aromatic N) is 1. The third kappa shape index (κ3) is 3.70. The van der Waals surface area contributed by atoms with Crippen LogP contribution in [0.3, 0.4) is 0 Å². The molecule has 2 rings (SSSR count). The van der Waals surface area contributed by atoms with Gasteiger partial charge in [-0.05, 0) is 44.1 Å². The van der Waals surface area contributed by atoms with Gasteiger partial charge in [-0.1, -0.05) is 22.9 Å². The van der Waals surface area contributed by atoms with Crippen molar-refractivity contribution >= 4 is 27.6 Å². The van der Waals surface area contributed by atoms with E-state index in [4.69, 9.17) is 5.11 Å². The molecule has 0 aliphatic carbocycles. The lowest BCUT2D eigenvalue weighted by Gasteiger charge is -2.23. The zero-order valence-corrected chi connectivity index (χ0v) is 12.6. The Kier molecular flexibility index (Phi) is 4.82. The van der Waals surface area contributed by atoms with Crippen LogP contribution in [0.2, 0.25) is 0 Å². The average Bonchev–Trinajstić information content (AvgIpc) is 2.83. The molecule has 4 nitrogen and oxygen atoms in total. The summed E-state index contributed by atoms with van der Waals surface area (Å²) < 4.78 is 0.786. The summed E-state index contributed by atoms with van der Waals surface area (Å²) >= 11 is 3.35. The number of nitrogens with one attached hydrogen (secondary N) is 1. The highest BCUT2D eigenvalue weighted by molar-refractivity contribution is 9.10. The SMILES string of the molecule is CCN1CCCC1CNc1cc(Br)cc(C(=O)O)c1. The molecule has 0 bridgehead atoms. The summed E-state index contributed by atoms with van der Waals surface area (Å²) in [5.74, 6) is -0.902. The molecule has 1 aliphatic rings. The van der Waals surface area contributed by atoms with Crippen molar-refractivity contribution in [1.29, 1.82) is 0 Å². The number of rotatable bonds is 5. The summed E-state index contributed by atoms with van der Waals surface area (Å²) in [5, 5.41) is 12.4. The van der Waals surface area contributed by atoms with E-state index in [-0.39, 0.29) is 0 Å². The van der Waals surface area contributed by atoms with Gasteiger partial charge in [0.25, 0.3) is 0 Å². The van der Waals surface area contributed by atoms with E-state index < -0.39 is 5.97 Å². The fraction of sp³-hybridized carbons (Fsp3) is 0.500. The second-order valence-corrected chi connectivity index (χ2v) is 5.75. The second kappa shape index (κ2) is 6.39. The van der Waals surface area contributed by atoms with E-state index in [0.717, 1.165) is 23.2 Å². The Morgan fingerprint density at radius 2 is 2.32 bits per heavy atom. The van der Waals surface area contributed by atoms with Crippen LogP contribution in [-0.4, -0.2) is 41.7 Å². The number of hydrogen-bond acceptors (Lipinski definition) is 3. The number of carboxylic acid groups (broad SMARTS) is 1. The van der Waals surface area contributed by atoms with Crippen LogP contribution in [0.4, 0.5) is 5.69 Å². The van der Waals surface area contributed by atoms with Crippen molar-refractivity contribution in [3.8, 4) is 0 Å². The zero-order chi connectivity index (χ0) is 13.8. The van der Waals surface area contributed by atoms with Crippen molar-refractivity contribution in [3.05, 3.63) is 28.2 Å². The molecule has 1 saturated heterocycles.